The van der Waals surface area contributed by atoms with Gasteiger partial charge < -0.3 is 15.2 Å². The van der Waals surface area contributed by atoms with Crippen molar-refractivity contribution in [3.63, 3.8) is 0 Å². The number of carboxylic acid groups (broad SMARTS) is 1. The van der Waals surface area contributed by atoms with Gasteiger partial charge in [0.2, 0.25) is 0 Å². The molecule has 4 heteroatoms. The largest absolute Gasteiger partial charge is 0.496 e. The van der Waals surface area contributed by atoms with E-state index in [2.05, 4.69) is 11.4 Å². The van der Waals surface area contributed by atoms with Crippen LogP contribution < -0.4 is 10.1 Å². The lowest BCUT2D eigenvalue weighted by Gasteiger charge is -2.26. The average molecular weight is 265 g/mol. The molecule has 1 aromatic carbocycles. The van der Waals surface area contributed by atoms with E-state index < -0.39 is 11.9 Å². The summed E-state index contributed by atoms with van der Waals surface area (Å²) >= 11 is 0. The van der Waals surface area contributed by atoms with Gasteiger partial charge in [-0.2, -0.15) is 0 Å². The minimum Gasteiger partial charge on any atom is -0.496 e. The van der Waals surface area contributed by atoms with E-state index in [1.54, 1.807) is 21.1 Å². The van der Waals surface area contributed by atoms with E-state index in [1.807, 2.05) is 20.8 Å². The first-order valence-corrected chi connectivity index (χ1v) is 6.39. The van der Waals surface area contributed by atoms with Gasteiger partial charge in [0.1, 0.15) is 5.75 Å². The highest BCUT2D eigenvalue weighted by atomic mass is 16.5. The Labute approximate surface area is 114 Å². The van der Waals surface area contributed by atoms with E-state index in [-0.39, 0.29) is 6.04 Å². The van der Waals surface area contributed by atoms with Gasteiger partial charge in [-0.15, -0.1) is 0 Å². The second kappa shape index (κ2) is 6.06. The Kier molecular flexibility index (Phi) is 4.95. The Balaban J connectivity index is 3.47. The predicted molar refractivity (Wildman–Crippen MR) is 75.8 cm³/mol. The van der Waals surface area contributed by atoms with E-state index in [0.29, 0.717) is 0 Å². The van der Waals surface area contributed by atoms with Crippen LogP contribution in [-0.2, 0) is 4.79 Å². The van der Waals surface area contributed by atoms with Crippen LogP contribution in [0.5, 0.6) is 5.75 Å². The van der Waals surface area contributed by atoms with Crippen LogP contribution in [0.1, 0.15) is 35.2 Å². The lowest BCUT2D eigenvalue weighted by Crippen LogP contribution is -2.30. The Bertz CT molecular complexity index is 483. The molecule has 2 atom stereocenters. The number of rotatable bonds is 5. The van der Waals surface area contributed by atoms with Crippen molar-refractivity contribution in [2.45, 2.75) is 33.7 Å². The second-order valence-electron chi connectivity index (χ2n) is 4.98. The topological polar surface area (TPSA) is 58.6 Å². The molecule has 106 valence electrons. The van der Waals surface area contributed by atoms with Crippen LogP contribution in [-0.4, -0.2) is 25.2 Å². The van der Waals surface area contributed by atoms with Gasteiger partial charge in [-0.25, -0.2) is 0 Å². The summed E-state index contributed by atoms with van der Waals surface area (Å²) in [6.45, 7) is 7.72. The zero-order chi connectivity index (χ0) is 14.7. The van der Waals surface area contributed by atoms with Crippen molar-refractivity contribution in [2.75, 3.05) is 14.2 Å². The van der Waals surface area contributed by atoms with Crippen LogP contribution >= 0.6 is 0 Å². The number of nitrogens with one attached hydrogen (secondary N) is 1. The predicted octanol–water partition coefficient (Wildman–Crippen LogP) is 2.60. The number of carboxylic acids is 1. The third-order valence-corrected chi connectivity index (χ3v) is 3.75. The van der Waals surface area contributed by atoms with Crippen LogP contribution in [0.15, 0.2) is 6.07 Å². The molecule has 0 aliphatic rings. The molecule has 1 aromatic rings. The molecule has 0 heterocycles. The summed E-state index contributed by atoms with van der Waals surface area (Å²) in [5.41, 5.74) is 4.19. The van der Waals surface area contributed by atoms with Crippen LogP contribution in [0.2, 0.25) is 0 Å². The molecule has 2 N–H and O–H groups in total. The fraction of sp³-hybridized carbons (Fsp3) is 0.533. The number of methoxy groups -OCH3 is 1. The number of hydrogen-bond acceptors (Lipinski definition) is 3. The smallest absolute Gasteiger partial charge is 0.308 e. The third-order valence-electron chi connectivity index (χ3n) is 3.75. The highest BCUT2D eigenvalue weighted by Gasteiger charge is 2.28. The van der Waals surface area contributed by atoms with E-state index in [4.69, 9.17) is 4.74 Å². The van der Waals surface area contributed by atoms with Crippen molar-refractivity contribution in [3.05, 3.63) is 28.3 Å². The summed E-state index contributed by atoms with van der Waals surface area (Å²) in [7, 11) is 3.40. The van der Waals surface area contributed by atoms with Crippen molar-refractivity contribution < 1.29 is 14.6 Å². The molecule has 19 heavy (non-hydrogen) atoms. The summed E-state index contributed by atoms with van der Waals surface area (Å²) in [6.07, 6.45) is 0. The Morgan fingerprint density at radius 3 is 2.32 bits per heavy atom. The van der Waals surface area contributed by atoms with Crippen LogP contribution in [0.25, 0.3) is 0 Å². The van der Waals surface area contributed by atoms with Crippen molar-refractivity contribution in [1.29, 1.82) is 0 Å². The molecule has 0 amide bonds. The molecule has 0 aliphatic carbocycles. The molecule has 1 rings (SSSR count). The van der Waals surface area contributed by atoms with Gasteiger partial charge in [-0.1, -0.05) is 13.0 Å². The Hall–Kier alpha value is -1.55. The molecule has 0 spiro atoms. The number of benzene rings is 1. The summed E-state index contributed by atoms with van der Waals surface area (Å²) in [5, 5.41) is 12.3. The molecule has 0 fully saturated rings. The lowest BCUT2D eigenvalue weighted by molar-refractivity contribution is -0.142. The minimum absolute atomic E-state index is 0.272. The highest BCUT2D eigenvalue weighted by molar-refractivity contribution is 5.71. The SMILES string of the molecule is CNC(c1c(C)cc(C)c(C)c1OC)C(C)C(=O)O. The molecule has 4 nitrogen and oxygen atoms in total. The van der Waals surface area contributed by atoms with Gasteiger partial charge in [-0.3, -0.25) is 4.79 Å². The van der Waals surface area contributed by atoms with Crippen LogP contribution in [0.3, 0.4) is 0 Å². The fourth-order valence-electron chi connectivity index (χ4n) is 2.51. The number of hydrogen-bond donors (Lipinski definition) is 2. The van der Waals surface area contributed by atoms with Gasteiger partial charge in [0.25, 0.3) is 0 Å². The first-order valence-electron chi connectivity index (χ1n) is 6.39. The minimum atomic E-state index is -0.820. The van der Waals surface area contributed by atoms with Crippen LogP contribution in [0.4, 0.5) is 0 Å². The van der Waals surface area contributed by atoms with Gasteiger partial charge in [-0.05, 0) is 44.5 Å². The van der Waals surface area contributed by atoms with Gasteiger partial charge in [0, 0.05) is 11.6 Å². The first kappa shape index (κ1) is 15.5. The monoisotopic (exact) mass is 265 g/mol. The van der Waals surface area contributed by atoms with E-state index in [0.717, 1.165) is 28.0 Å². The maximum atomic E-state index is 11.3. The van der Waals surface area contributed by atoms with Gasteiger partial charge in [0.05, 0.1) is 13.0 Å². The van der Waals surface area contributed by atoms with Crippen LogP contribution in [0, 0.1) is 26.7 Å². The second-order valence-corrected chi connectivity index (χ2v) is 4.98. The van der Waals surface area contributed by atoms with Crippen molar-refractivity contribution in [3.8, 4) is 5.75 Å². The summed E-state index contributed by atoms with van der Waals surface area (Å²) in [6, 6.07) is 1.80. The van der Waals surface area contributed by atoms with Crippen molar-refractivity contribution >= 4 is 5.97 Å². The average Bonchev–Trinajstić information content (AvgIpc) is 2.36. The fourth-order valence-corrected chi connectivity index (χ4v) is 2.51. The van der Waals surface area contributed by atoms with E-state index in [9.17, 15) is 9.90 Å². The third kappa shape index (κ3) is 2.89. The molecule has 0 aliphatic heterocycles. The number of aliphatic carboxylic acids is 1. The summed E-state index contributed by atoms with van der Waals surface area (Å²) < 4.78 is 5.52. The molecule has 0 aromatic heterocycles. The number of ether oxygens (including phenoxy) is 1. The van der Waals surface area contributed by atoms with E-state index >= 15 is 0 Å². The summed E-state index contributed by atoms with van der Waals surface area (Å²) in [4.78, 5) is 11.3. The number of carbonyl (C=O) groups is 1. The van der Waals surface area contributed by atoms with Crippen molar-refractivity contribution in [2.24, 2.45) is 5.92 Å². The van der Waals surface area contributed by atoms with E-state index in [1.165, 1.54) is 0 Å². The molecule has 0 bridgehead atoms. The molecule has 0 saturated carbocycles. The maximum Gasteiger partial charge on any atom is 0.308 e. The zero-order valence-corrected chi connectivity index (χ0v) is 12.5. The molecule has 0 saturated heterocycles. The molecule has 0 radical (unpaired) electrons. The Morgan fingerprint density at radius 2 is 1.89 bits per heavy atom. The summed E-state index contributed by atoms with van der Waals surface area (Å²) in [5.74, 6) is -0.566. The number of aryl methyl sites for hydroxylation is 2. The lowest BCUT2D eigenvalue weighted by atomic mass is 9.88. The quantitative estimate of drug-likeness (QED) is 0.859. The normalized spacial score (nSPS) is 14.0. The van der Waals surface area contributed by atoms with Gasteiger partial charge >= 0.3 is 5.97 Å². The standard InChI is InChI=1S/C15H23NO3/c1-8-7-9(2)12(14(19-6)10(8)3)13(16-5)11(4)15(17)18/h7,11,13,16H,1-6H3,(H,17,18). The first-order chi connectivity index (χ1) is 8.84. The maximum absolute atomic E-state index is 11.3. The Morgan fingerprint density at radius 1 is 1.32 bits per heavy atom. The highest BCUT2D eigenvalue weighted by Crippen LogP contribution is 2.36. The molecular weight excluding hydrogens is 242 g/mol. The zero-order valence-electron chi connectivity index (χ0n) is 12.5. The van der Waals surface area contributed by atoms with Crippen molar-refractivity contribution in [1.82, 2.24) is 5.32 Å². The molecular formula is C15H23NO3. The molecule has 2 unspecified atom stereocenters. The van der Waals surface area contributed by atoms with Gasteiger partial charge in [0.15, 0.2) is 0 Å².